The summed E-state index contributed by atoms with van der Waals surface area (Å²) in [6.07, 6.45) is 0. The van der Waals surface area contributed by atoms with Crippen molar-refractivity contribution in [3.8, 4) is 0 Å². The van der Waals surface area contributed by atoms with Crippen LogP contribution in [-0.4, -0.2) is 19.5 Å². The monoisotopic (exact) mass is 294 g/mol. The summed E-state index contributed by atoms with van der Waals surface area (Å²) in [6, 6.07) is 0. The van der Waals surface area contributed by atoms with E-state index in [0.717, 1.165) is 0 Å². The minimum atomic E-state index is -2.56. The van der Waals surface area contributed by atoms with Crippen molar-refractivity contribution >= 4 is 9.90 Å². The second-order valence-electron chi connectivity index (χ2n) is 0.502. The first-order valence-corrected chi connectivity index (χ1v) is 1.90. The van der Waals surface area contributed by atoms with Crippen LogP contribution < -0.4 is 0 Å². The van der Waals surface area contributed by atoms with Gasteiger partial charge in [-0.25, -0.2) is 0 Å². The van der Waals surface area contributed by atoms with E-state index in [1.165, 1.54) is 21.1 Å². The van der Waals surface area contributed by atoms with Gasteiger partial charge in [-0.2, -0.15) is 9.90 Å². The SMILES string of the molecule is O[C](O)(O)[Au].P. The van der Waals surface area contributed by atoms with Crippen LogP contribution in [0.15, 0.2) is 0 Å². The van der Waals surface area contributed by atoms with Crippen LogP contribution in [0.25, 0.3) is 0 Å². The molecule has 0 aromatic rings. The van der Waals surface area contributed by atoms with Crippen molar-refractivity contribution in [1.82, 2.24) is 0 Å². The molecule has 0 aromatic carbocycles. The van der Waals surface area contributed by atoms with Gasteiger partial charge >= 0.3 is 40.6 Å². The third kappa shape index (κ3) is 75.1. The Morgan fingerprint density at radius 2 is 1.17 bits per heavy atom. The van der Waals surface area contributed by atoms with Crippen LogP contribution in [-0.2, 0) is 21.1 Å². The van der Waals surface area contributed by atoms with E-state index in [-0.39, 0.29) is 9.90 Å². The minimum absolute atomic E-state index is 0. The Bertz CT molecular complexity index is 26.3. The number of aliphatic hydroxyl groups is 3. The molecule has 3 N–H and O–H groups in total. The Morgan fingerprint density at radius 3 is 1.17 bits per heavy atom. The molecule has 0 radical (unpaired) electrons. The van der Waals surface area contributed by atoms with E-state index in [1.807, 2.05) is 0 Å². The van der Waals surface area contributed by atoms with Crippen LogP contribution >= 0.6 is 9.90 Å². The Morgan fingerprint density at radius 1 is 1.17 bits per heavy atom. The fourth-order valence-electron chi connectivity index (χ4n) is 0. The fraction of sp³-hybridized carbons (Fsp3) is 1.00. The van der Waals surface area contributed by atoms with E-state index in [4.69, 9.17) is 15.3 Å². The molecule has 1 atom stereocenters. The second-order valence-corrected chi connectivity index (χ2v) is 1.96. The molecule has 0 bridgehead atoms. The zero-order valence-electron chi connectivity index (χ0n) is 2.85. The molecule has 6 heavy (non-hydrogen) atoms. The van der Waals surface area contributed by atoms with Crippen molar-refractivity contribution in [2.24, 2.45) is 0 Å². The molecule has 0 saturated carbocycles. The van der Waals surface area contributed by atoms with E-state index in [1.54, 1.807) is 0 Å². The van der Waals surface area contributed by atoms with Gasteiger partial charge in [-0.3, -0.25) is 0 Å². The van der Waals surface area contributed by atoms with Crippen LogP contribution in [0.1, 0.15) is 0 Å². The van der Waals surface area contributed by atoms with Crippen molar-refractivity contribution in [3.05, 3.63) is 0 Å². The Kier molecular flexibility index (Phi) is 5.24. The Balaban J connectivity index is 0. The average molecular weight is 294 g/mol. The fourth-order valence-corrected chi connectivity index (χ4v) is 0. The van der Waals surface area contributed by atoms with Gasteiger partial charge in [-0.05, 0) is 0 Å². The van der Waals surface area contributed by atoms with Crippen LogP contribution in [0.3, 0.4) is 0 Å². The first-order chi connectivity index (χ1) is 2.00. The maximum Gasteiger partial charge on any atom is -0.153 e. The summed E-state index contributed by atoms with van der Waals surface area (Å²) in [5, 5.41) is 22.8. The molecule has 44 valence electrons. The predicted molar refractivity (Wildman–Crippen MR) is 20.5 cm³/mol. The van der Waals surface area contributed by atoms with E-state index in [9.17, 15) is 0 Å². The molecule has 0 aliphatic heterocycles. The van der Waals surface area contributed by atoms with Gasteiger partial charge in [0.2, 0.25) is 0 Å². The zero-order chi connectivity index (χ0) is 4.50. The Labute approximate surface area is 50.9 Å². The van der Waals surface area contributed by atoms with Crippen molar-refractivity contribution in [2.75, 3.05) is 0 Å². The largest absolute Gasteiger partial charge is 0.153 e. The molecule has 0 aromatic heterocycles. The molecule has 0 saturated heterocycles. The van der Waals surface area contributed by atoms with E-state index >= 15 is 0 Å². The van der Waals surface area contributed by atoms with Gasteiger partial charge in [0.1, 0.15) is 0 Å². The van der Waals surface area contributed by atoms with E-state index in [0.29, 0.717) is 0 Å². The third-order valence-electron chi connectivity index (χ3n) is 0. The van der Waals surface area contributed by atoms with Gasteiger partial charge in [-0.1, -0.05) is 0 Å². The first kappa shape index (κ1) is 10.1. The van der Waals surface area contributed by atoms with Crippen LogP contribution in [0, 0.1) is 0 Å². The normalized spacial score (nSPS) is 10.2. The summed E-state index contributed by atoms with van der Waals surface area (Å²) in [7, 11) is 0. The van der Waals surface area contributed by atoms with Crippen molar-refractivity contribution in [2.45, 2.75) is 4.19 Å². The summed E-state index contributed by atoms with van der Waals surface area (Å²) in [5.41, 5.74) is 0. The quantitative estimate of drug-likeness (QED) is 0.280. The first-order valence-electron chi connectivity index (χ1n) is 0.822. The predicted octanol–water partition coefficient (Wildman–Crippen LogP) is -1.82. The molecule has 0 aliphatic rings. The molecule has 0 spiro atoms. The van der Waals surface area contributed by atoms with E-state index < -0.39 is 4.19 Å². The van der Waals surface area contributed by atoms with E-state index in [2.05, 4.69) is 0 Å². The molecule has 0 aliphatic carbocycles. The molecule has 0 heterocycles. The van der Waals surface area contributed by atoms with Crippen LogP contribution in [0.4, 0.5) is 0 Å². The number of hydrogen-bond donors (Lipinski definition) is 3. The standard InChI is InChI=1S/CH3O3.Au.H3P/c2-1(3)4;;/h2-4H;;1H3. The summed E-state index contributed by atoms with van der Waals surface area (Å²) in [4.78, 5) is 0. The number of hydrogen-bond acceptors (Lipinski definition) is 3. The summed E-state index contributed by atoms with van der Waals surface area (Å²) in [5.74, 6) is 0. The van der Waals surface area contributed by atoms with Gasteiger partial charge < -0.3 is 0 Å². The molecule has 0 fully saturated rings. The second kappa shape index (κ2) is 3.10. The molecular weight excluding hydrogens is 288 g/mol. The topological polar surface area (TPSA) is 60.7 Å². The van der Waals surface area contributed by atoms with Crippen LogP contribution in [0.5, 0.6) is 0 Å². The summed E-state index contributed by atoms with van der Waals surface area (Å²) in [6.45, 7) is 0. The number of rotatable bonds is 0. The molecule has 5 heteroatoms. The van der Waals surface area contributed by atoms with Gasteiger partial charge in [0.05, 0.1) is 0 Å². The summed E-state index contributed by atoms with van der Waals surface area (Å²) < 4.78 is -2.56. The van der Waals surface area contributed by atoms with Crippen molar-refractivity contribution in [3.63, 3.8) is 0 Å². The van der Waals surface area contributed by atoms with Gasteiger partial charge in [0, 0.05) is 0 Å². The van der Waals surface area contributed by atoms with Crippen molar-refractivity contribution < 1.29 is 36.4 Å². The smallest absolute Gasteiger partial charge is 0.153 e. The zero-order valence-corrected chi connectivity index (χ0v) is 6.43. The van der Waals surface area contributed by atoms with Crippen LogP contribution in [0.2, 0.25) is 0 Å². The molecule has 1 unspecified atom stereocenters. The van der Waals surface area contributed by atoms with Crippen molar-refractivity contribution in [1.29, 1.82) is 0 Å². The maximum atomic E-state index is 7.61. The third-order valence-corrected chi connectivity index (χ3v) is 0. The average Bonchev–Trinajstić information content (AvgIpc) is 0.722. The minimum Gasteiger partial charge on any atom is -0.153 e. The molecular formula is CH6AuO3P. The van der Waals surface area contributed by atoms with Gasteiger partial charge in [0.25, 0.3) is 0 Å². The summed E-state index contributed by atoms with van der Waals surface area (Å²) >= 11 is 1.21. The van der Waals surface area contributed by atoms with Gasteiger partial charge in [-0.15, -0.1) is 0 Å². The molecule has 0 amide bonds. The molecule has 3 nitrogen and oxygen atoms in total. The maximum absolute atomic E-state index is 7.61. The van der Waals surface area contributed by atoms with Gasteiger partial charge in [0.15, 0.2) is 0 Å². The molecule has 0 rings (SSSR count). The Hall–Kier alpha value is 1.05.